The largest absolute Gasteiger partial charge is 0.472 e. The predicted molar refractivity (Wildman–Crippen MR) is 150 cm³/mol. The average Bonchev–Trinajstić information content (AvgIpc) is 2.90. The van der Waals surface area contributed by atoms with E-state index < -0.39 is 13.9 Å². The van der Waals surface area contributed by atoms with Crippen LogP contribution in [-0.4, -0.2) is 82.3 Å². The van der Waals surface area contributed by atoms with Crippen molar-refractivity contribution in [3.8, 4) is 0 Å². The number of morpholine rings is 1. The second-order valence-electron chi connectivity index (χ2n) is 10.3. The summed E-state index contributed by atoms with van der Waals surface area (Å²) in [6, 6.07) is 0. The number of phosphoric ester groups is 1. The molecule has 0 amide bonds. The summed E-state index contributed by atoms with van der Waals surface area (Å²) in [6.07, 6.45) is 21.2. The normalized spacial score (nSPS) is 17.2. The van der Waals surface area contributed by atoms with Gasteiger partial charge in [0, 0.05) is 33.4 Å². The van der Waals surface area contributed by atoms with Crippen molar-refractivity contribution in [1.29, 1.82) is 0 Å². The quantitative estimate of drug-likeness (QED) is 0.0887. The van der Waals surface area contributed by atoms with Gasteiger partial charge in [-0.3, -0.25) is 13.9 Å². The Hall–Kier alpha value is -0.0500. The van der Waals surface area contributed by atoms with Gasteiger partial charge in [-0.05, 0) is 6.42 Å². The summed E-state index contributed by atoms with van der Waals surface area (Å²) in [7, 11) is -2.55. The number of ether oxygens (including phenoxy) is 3. The molecule has 1 N–H and O–H groups in total. The molecule has 1 heterocycles. The van der Waals surface area contributed by atoms with E-state index in [1.54, 1.807) is 7.11 Å². The van der Waals surface area contributed by atoms with Gasteiger partial charge < -0.3 is 19.1 Å². The van der Waals surface area contributed by atoms with E-state index in [0.29, 0.717) is 33.0 Å². The van der Waals surface area contributed by atoms with E-state index in [-0.39, 0.29) is 13.2 Å². The van der Waals surface area contributed by atoms with Gasteiger partial charge in [0.05, 0.1) is 33.0 Å². The molecule has 1 aliphatic heterocycles. The minimum Gasteiger partial charge on any atom is -0.379 e. The molecule has 1 rings (SSSR count). The molecule has 1 saturated heterocycles. The fraction of sp³-hybridized carbons (Fsp3) is 1.00. The van der Waals surface area contributed by atoms with Gasteiger partial charge in [0.1, 0.15) is 6.10 Å². The highest BCUT2D eigenvalue weighted by Crippen LogP contribution is 2.43. The molecule has 0 saturated carbocycles. The monoisotopic (exact) mass is 551 g/mol. The number of methoxy groups -OCH3 is 1. The molecule has 2 unspecified atom stereocenters. The van der Waals surface area contributed by atoms with Crippen LogP contribution in [0.3, 0.4) is 0 Å². The number of unbranched alkanes of at least 4 members (excludes halogenated alkanes) is 15. The molecule has 9 heteroatoms. The SMILES string of the molecule is CCCCCCCCCCCCCCCCCCOCC(COP(=O)(O)OCCN1CCOCC1)OC. The van der Waals surface area contributed by atoms with E-state index >= 15 is 0 Å². The highest BCUT2D eigenvalue weighted by Gasteiger charge is 2.24. The molecule has 8 nitrogen and oxygen atoms in total. The van der Waals surface area contributed by atoms with Crippen LogP contribution in [0, 0.1) is 0 Å². The smallest absolute Gasteiger partial charge is 0.379 e. The van der Waals surface area contributed by atoms with Crippen LogP contribution < -0.4 is 0 Å². The molecule has 2 atom stereocenters. The zero-order chi connectivity index (χ0) is 26.9. The number of phosphoric acid groups is 1. The molecule has 1 aliphatic rings. The van der Waals surface area contributed by atoms with Crippen molar-refractivity contribution >= 4 is 7.82 Å². The van der Waals surface area contributed by atoms with E-state index in [4.69, 9.17) is 23.3 Å². The minimum absolute atomic E-state index is 0.0409. The van der Waals surface area contributed by atoms with Gasteiger partial charge in [-0.1, -0.05) is 103 Å². The Morgan fingerprint density at radius 3 is 1.78 bits per heavy atom. The third-order valence-corrected chi connectivity index (χ3v) is 7.95. The van der Waals surface area contributed by atoms with Crippen molar-refractivity contribution in [2.45, 2.75) is 116 Å². The molecule has 1 fully saturated rings. The van der Waals surface area contributed by atoms with Crippen molar-refractivity contribution in [2.75, 3.05) is 66.4 Å². The lowest BCUT2D eigenvalue weighted by molar-refractivity contribution is -0.0229. The Labute approximate surface area is 227 Å². The summed E-state index contributed by atoms with van der Waals surface area (Å²) < 4.78 is 38.6. The highest BCUT2D eigenvalue weighted by atomic mass is 31.2. The third-order valence-electron chi connectivity index (χ3n) is 6.97. The van der Waals surface area contributed by atoms with Crippen molar-refractivity contribution < 1.29 is 32.7 Å². The fourth-order valence-electron chi connectivity index (χ4n) is 4.48. The van der Waals surface area contributed by atoms with Gasteiger partial charge >= 0.3 is 7.82 Å². The lowest BCUT2D eigenvalue weighted by Gasteiger charge is -2.26. The number of rotatable bonds is 27. The van der Waals surface area contributed by atoms with Crippen molar-refractivity contribution in [2.24, 2.45) is 0 Å². The standard InChI is InChI=1S/C28H58NO7P/c1-3-4-5-6-7-8-9-10-11-12-13-14-15-16-17-18-22-34-26-28(32-2)27-36-37(30,31)35-25-21-29-19-23-33-24-20-29/h28H,3-27H2,1-2H3,(H,30,31). The third kappa shape index (κ3) is 22.5. The van der Waals surface area contributed by atoms with E-state index in [1.165, 1.54) is 96.3 Å². The van der Waals surface area contributed by atoms with Gasteiger partial charge in [0.15, 0.2) is 0 Å². The van der Waals surface area contributed by atoms with Crippen molar-refractivity contribution in [1.82, 2.24) is 4.90 Å². The number of nitrogens with zero attached hydrogens (tertiary/aromatic N) is 1. The van der Waals surface area contributed by atoms with Crippen LogP contribution in [0.25, 0.3) is 0 Å². The summed E-state index contributed by atoms with van der Waals surface area (Å²) in [4.78, 5) is 12.0. The van der Waals surface area contributed by atoms with Crippen LogP contribution in [0.15, 0.2) is 0 Å². The maximum atomic E-state index is 12.1. The maximum absolute atomic E-state index is 12.1. The molecule has 0 aromatic carbocycles. The van der Waals surface area contributed by atoms with E-state index in [9.17, 15) is 9.46 Å². The summed E-state index contributed by atoms with van der Waals surface area (Å²) in [5.41, 5.74) is 0. The van der Waals surface area contributed by atoms with Gasteiger partial charge in [-0.25, -0.2) is 4.57 Å². The summed E-state index contributed by atoms with van der Waals surface area (Å²) in [5.74, 6) is 0. The summed E-state index contributed by atoms with van der Waals surface area (Å²) in [5, 5.41) is 0. The van der Waals surface area contributed by atoms with E-state index in [1.807, 2.05) is 0 Å². The van der Waals surface area contributed by atoms with Crippen LogP contribution in [0.2, 0.25) is 0 Å². The molecule has 222 valence electrons. The molecule has 0 aromatic heterocycles. The molecule has 0 bridgehead atoms. The first-order valence-corrected chi connectivity index (χ1v) is 16.6. The molecular weight excluding hydrogens is 493 g/mol. The van der Waals surface area contributed by atoms with Crippen LogP contribution >= 0.6 is 7.82 Å². The van der Waals surface area contributed by atoms with Gasteiger partial charge in [0.25, 0.3) is 0 Å². The Morgan fingerprint density at radius 1 is 0.757 bits per heavy atom. The maximum Gasteiger partial charge on any atom is 0.472 e. The second-order valence-corrected chi connectivity index (χ2v) is 11.7. The Balaban J connectivity index is 1.86. The van der Waals surface area contributed by atoms with E-state index in [0.717, 1.165) is 19.5 Å². The van der Waals surface area contributed by atoms with Gasteiger partial charge in [-0.15, -0.1) is 0 Å². The average molecular weight is 552 g/mol. The second kappa shape index (κ2) is 25.0. The lowest BCUT2D eigenvalue weighted by atomic mass is 10.0. The molecular formula is C28H58NO7P. The molecule has 37 heavy (non-hydrogen) atoms. The van der Waals surface area contributed by atoms with Gasteiger partial charge in [-0.2, -0.15) is 0 Å². The number of hydrogen-bond donors (Lipinski definition) is 1. The van der Waals surface area contributed by atoms with Crippen LogP contribution in [0.5, 0.6) is 0 Å². The zero-order valence-corrected chi connectivity index (χ0v) is 24.9. The first kappa shape index (κ1) is 35.0. The van der Waals surface area contributed by atoms with Crippen LogP contribution in [-0.2, 0) is 27.8 Å². The predicted octanol–water partition coefficient (Wildman–Crippen LogP) is 6.75. The molecule has 0 spiro atoms. The summed E-state index contributed by atoms with van der Waals surface area (Å²) in [6.45, 7) is 6.94. The van der Waals surface area contributed by atoms with E-state index in [2.05, 4.69) is 11.8 Å². The number of hydrogen-bond acceptors (Lipinski definition) is 7. The van der Waals surface area contributed by atoms with Crippen LogP contribution in [0.4, 0.5) is 0 Å². The topological polar surface area (TPSA) is 86.7 Å². The van der Waals surface area contributed by atoms with Gasteiger partial charge in [0.2, 0.25) is 0 Å². The van der Waals surface area contributed by atoms with Crippen molar-refractivity contribution in [3.05, 3.63) is 0 Å². The Kier molecular flexibility index (Phi) is 23.6. The van der Waals surface area contributed by atoms with Crippen LogP contribution in [0.1, 0.15) is 110 Å². The zero-order valence-electron chi connectivity index (χ0n) is 24.0. The summed E-state index contributed by atoms with van der Waals surface area (Å²) >= 11 is 0. The molecule has 0 aliphatic carbocycles. The Morgan fingerprint density at radius 2 is 1.27 bits per heavy atom. The lowest BCUT2D eigenvalue weighted by Crippen LogP contribution is -2.38. The minimum atomic E-state index is -4.10. The molecule has 0 radical (unpaired) electrons. The first-order valence-electron chi connectivity index (χ1n) is 15.1. The highest BCUT2D eigenvalue weighted by molar-refractivity contribution is 7.47. The Bertz CT molecular complexity index is 535. The molecule has 0 aromatic rings. The fourth-order valence-corrected chi connectivity index (χ4v) is 5.22. The first-order chi connectivity index (χ1) is 18.1. The van der Waals surface area contributed by atoms with Crippen molar-refractivity contribution in [3.63, 3.8) is 0 Å².